The molecule has 0 atom stereocenters. The van der Waals surface area contributed by atoms with Crippen molar-refractivity contribution in [2.24, 2.45) is 7.05 Å². The smallest absolute Gasteiger partial charge is 0.131 e. The third kappa shape index (κ3) is 3.07. The first-order chi connectivity index (χ1) is 9.11. The Labute approximate surface area is 117 Å². The van der Waals surface area contributed by atoms with E-state index in [2.05, 4.69) is 16.5 Å². The highest BCUT2D eigenvalue weighted by Gasteiger charge is 2.10. The normalized spacial score (nSPS) is 10.2. The van der Waals surface area contributed by atoms with E-state index in [0.717, 1.165) is 22.5 Å². The van der Waals surface area contributed by atoms with E-state index < -0.39 is 0 Å². The summed E-state index contributed by atoms with van der Waals surface area (Å²) in [6, 6.07) is 9.95. The summed E-state index contributed by atoms with van der Waals surface area (Å²) in [5, 5.41) is 16.8. The van der Waals surface area contributed by atoms with Gasteiger partial charge in [-0.3, -0.25) is 4.68 Å². The van der Waals surface area contributed by atoms with Crippen LogP contribution in [0.5, 0.6) is 0 Å². The molecule has 5 heteroatoms. The highest BCUT2D eigenvalue weighted by atomic mass is 35.5. The Balaban J connectivity index is 2.04. The summed E-state index contributed by atoms with van der Waals surface area (Å²) in [6.45, 7) is 2.58. The van der Waals surface area contributed by atoms with Crippen LogP contribution < -0.4 is 5.32 Å². The Kier molecular flexibility index (Phi) is 4.08. The molecule has 0 radical (unpaired) electrons. The summed E-state index contributed by atoms with van der Waals surface area (Å²) in [4.78, 5) is 0. The maximum absolute atomic E-state index is 8.61. The number of benzene rings is 1. The number of rotatable bonds is 4. The van der Waals surface area contributed by atoms with E-state index in [1.165, 1.54) is 0 Å². The van der Waals surface area contributed by atoms with E-state index >= 15 is 0 Å². The number of anilines is 1. The molecule has 0 fully saturated rings. The monoisotopic (exact) mass is 274 g/mol. The van der Waals surface area contributed by atoms with Crippen molar-refractivity contribution in [3.8, 4) is 6.07 Å². The zero-order valence-electron chi connectivity index (χ0n) is 10.9. The summed E-state index contributed by atoms with van der Waals surface area (Å²) in [7, 11) is 1.83. The molecule has 2 rings (SSSR count). The molecule has 2 aromatic rings. The number of aryl methyl sites for hydroxylation is 2. The van der Waals surface area contributed by atoms with Crippen molar-refractivity contribution in [1.82, 2.24) is 9.78 Å². The van der Waals surface area contributed by atoms with Crippen molar-refractivity contribution >= 4 is 17.3 Å². The van der Waals surface area contributed by atoms with Crippen LogP contribution in [0.15, 0.2) is 24.3 Å². The Morgan fingerprint density at radius 2 is 2.05 bits per heavy atom. The largest absolute Gasteiger partial charge is 0.381 e. The second-order valence-electron chi connectivity index (χ2n) is 4.36. The van der Waals surface area contributed by atoms with Crippen LogP contribution in [0.2, 0.25) is 5.15 Å². The predicted molar refractivity (Wildman–Crippen MR) is 76.0 cm³/mol. The second kappa shape index (κ2) is 5.77. The lowest BCUT2D eigenvalue weighted by Gasteiger charge is -2.06. The molecule has 1 aromatic heterocycles. The van der Waals surface area contributed by atoms with Crippen LogP contribution in [0.1, 0.15) is 16.8 Å². The van der Waals surface area contributed by atoms with Gasteiger partial charge in [-0.15, -0.1) is 0 Å². The molecule has 1 aromatic carbocycles. The van der Waals surface area contributed by atoms with Crippen molar-refractivity contribution in [2.75, 3.05) is 5.32 Å². The van der Waals surface area contributed by atoms with Crippen molar-refractivity contribution in [3.63, 3.8) is 0 Å². The number of hydrogen-bond acceptors (Lipinski definition) is 3. The fourth-order valence-electron chi connectivity index (χ4n) is 1.90. The summed E-state index contributed by atoms with van der Waals surface area (Å²) < 4.78 is 1.67. The van der Waals surface area contributed by atoms with Gasteiger partial charge >= 0.3 is 0 Å². The van der Waals surface area contributed by atoms with E-state index in [1.54, 1.807) is 4.68 Å². The molecule has 98 valence electrons. The molecule has 0 unspecified atom stereocenters. The maximum atomic E-state index is 8.61. The van der Waals surface area contributed by atoms with Gasteiger partial charge in [-0.25, -0.2) is 0 Å². The minimum absolute atomic E-state index is 0.438. The van der Waals surface area contributed by atoms with Gasteiger partial charge < -0.3 is 5.32 Å². The molecule has 0 spiro atoms. The Hall–Kier alpha value is -1.99. The van der Waals surface area contributed by atoms with Gasteiger partial charge in [-0.05, 0) is 24.6 Å². The van der Waals surface area contributed by atoms with Crippen LogP contribution in [0.3, 0.4) is 0 Å². The van der Waals surface area contributed by atoms with E-state index in [9.17, 15) is 0 Å². The molecule has 1 N–H and O–H groups in total. The average molecular weight is 275 g/mol. The Morgan fingerprint density at radius 1 is 1.37 bits per heavy atom. The van der Waals surface area contributed by atoms with Crippen LogP contribution in [0.4, 0.5) is 5.69 Å². The summed E-state index contributed by atoms with van der Waals surface area (Å²) in [5.74, 6) is 0. The zero-order chi connectivity index (χ0) is 13.8. The van der Waals surface area contributed by atoms with Gasteiger partial charge in [0.2, 0.25) is 0 Å². The first-order valence-electron chi connectivity index (χ1n) is 5.99. The fraction of sp³-hybridized carbons (Fsp3) is 0.286. The average Bonchev–Trinajstić information content (AvgIpc) is 2.64. The molecule has 0 saturated carbocycles. The van der Waals surface area contributed by atoms with Crippen molar-refractivity contribution in [3.05, 3.63) is 46.2 Å². The van der Waals surface area contributed by atoms with Gasteiger partial charge in [0.05, 0.1) is 18.2 Å². The van der Waals surface area contributed by atoms with E-state index in [0.29, 0.717) is 18.1 Å². The SMILES string of the molecule is Cc1nn(C)c(Cl)c1CNc1ccc(CC#N)cc1. The van der Waals surface area contributed by atoms with Crippen LogP contribution in [0.25, 0.3) is 0 Å². The molecule has 0 amide bonds. The van der Waals surface area contributed by atoms with Crippen molar-refractivity contribution in [2.45, 2.75) is 19.9 Å². The zero-order valence-corrected chi connectivity index (χ0v) is 11.7. The molecule has 19 heavy (non-hydrogen) atoms. The van der Waals surface area contributed by atoms with E-state index in [-0.39, 0.29) is 0 Å². The number of halogens is 1. The second-order valence-corrected chi connectivity index (χ2v) is 4.72. The number of nitrogens with one attached hydrogen (secondary N) is 1. The minimum Gasteiger partial charge on any atom is -0.381 e. The van der Waals surface area contributed by atoms with Crippen LogP contribution in [-0.4, -0.2) is 9.78 Å². The topological polar surface area (TPSA) is 53.6 Å². The van der Waals surface area contributed by atoms with E-state index in [1.807, 2.05) is 38.2 Å². The molecular formula is C14H15ClN4. The molecule has 1 heterocycles. The first kappa shape index (κ1) is 13.4. The third-order valence-corrected chi connectivity index (χ3v) is 3.45. The van der Waals surface area contributed by atoms with Crippen molar-refractivity contribution < 1.29 is 0 Å². The third-order valence-electron chi connectivity index (χ3n) is 2.98. The standard InChI is InChI=1S/C14H15ClN4/c1-10-13(14(15)19(2)18-10)9-17-12-5-3-11(4-6-12)7-8-16/h3-6,17H,7,9H2,1-2H3. The predicted octanol–water partition coefficient (Wildman–Crippen LogP) is 3.06. The Morgan fingerprint density at radius 3 is 2.58 bits per heavy atom. The van der Waals surface area contributed by atoms with Gasteiger partial charge in [0.15, 0.2) is 0 Å². The molecular weight excluding hydrogens is 260 g/mol. The number of hydrogen-bond donors (Lipinski definition) is 1. The molecule has 0 aliphatic carbocycles. The van der Waals surface area contributed by atoms with Crippen LogP contribution in [-0.2, 0) is 20.0 Å². The number of nitriles is 1. The van der Waals surface area contributed by atoms with Gasteiger partial charge in [0.25, 0.3) is 0 Å². The lowest BCUT2D eigenvalue weighted by atomic mass is 10.1. The van der Waals surface area contributed by atoms with Crippen molar-refractivity contribution in [1.29, 1.82) is 5.26 Å². The highest BCUT2D eigenvalue weighted by molar-refractivity contribution is 6.30. The fourth-order valence-corrected chi connectivity index (χ4v) is 2.14. The summed E-state index contributed by atoms with van der Waals surface area (Å²) in [5.41, 5.74) is 3.95. The maximum Gasteiger partial charge on any atom is 0.131 e. The van der Waals surface area contributed by atoms with Gasteiger partial charge in [0.1, 0.15) is 5.15 Å². The molecule has 4 nitrogen and oxygen atoms in total. The molecule has 0 bridgehead atoms. The molecule has 0 saturated heterocycles. The molecule has 0 aliphatic rings. The summed E-state index contributed by atoms with van der Waals surface area (Å²) in [6.07, 6.45) is 0.438. The lowest BCUT2D eigenvalue weighted by Crippen LogP contribution is -2.00. The first-order valence-corrected chi connectivity index (χ1v) is 6.37. The quantitative estimate of drug-likeness (QED) is 0.932. The minimum atomic E-state index is 0.438. The van der Waals surface area contributed by atoms with Gasteiger partial charge in [-0.1, -0.05) is 23.7 Å². The lowest BCUT2D eigenvalue weighted by molar-refractivity contribution is 0.757. The van der Waals surface area contributed by atoms with Gasteiger partial charge in [0, 0.05) is 24.8 Å². The van der Waals surface area contributed by atoms with Gasteiger partial charge in [-0.2, -0.15) is 10.4 Å². The van der Waals surface area contributed by atoms with Crippen LogP contribution >= 0.6 is 11.6 Å². The molecule has 0 aliphatic heterocycles. The number of nitrogens with zero attached hydrogens (tertiary/aromatic N) is 3. The summed E-state index contributed by atoms with van der Waals surface area (Å²) >= 11 is 6.17. The Bertz CT molecular complexity index is 608. The van der Waals surface area contributed by atoms with E-state index in [4.69, 9.17) is 16.9 Å². The highest BCUT2D eigenvalue weighted by Crippen LogP contribution is 2.20. The van der Waals surface area contributed by atoms with Crippen LogP contribution in [0, 0.1) is 18.3 Å². The number of aromatic nitrogens is 2.